The first kappa shape index (κ1) is 15.5. The Kier molecular flexibility index (Phi) is 6.69. The summed E-state index contributed by atoms with van der Waals surface area (Å²) < 4.78 is 0. The lowest BCUT2D eigenvalue weighted by molar-refractivity contribution is 0.207. The van der Waals surface area contributed by atoms with Gasteiger partial charge in [0.1, 0.15) is 0 Å². The van der Waals surface area contributed by atoms with Crippen molar-refractivity contribution in [3.63, 3.8) is 0 Å². The van der Waals surface area contributed by atoms with Gasteiger partial charge in [0.25, 0.3) is 0 Å². The molecule has 3 heteroatoms. The van der Waals surface area contributed by atoms with Crippen LogP contribution in [0, 0.1) is 0 Å². The van der Waals surface area contributed by atoms with Crippen molar-refractivity contribution in [2.75, 3.05) is 13.6 Å². The fourth-order valence-electron chi connectivity index (χ4n) is 2.29. The number of rotatable bonds is 7. The molecule has 18 heavy (non-hydrogen) atoms. The molecule has 2 N–H and O–H groups in total. The lowest BCUT2D eigenvalue weighted by atomic mass is 9.96. The molecule has 2 unspecified atom stereocenters. The quantitative estimate of drug-likeness (QED) is 0.814. The molecule has 0 saturated carbocycles. The van der Waals surface area contributed by atoms with Gasteiger partial charge in [-0.3, -0.25) is 4.90 Å². The van der Waals surface area contributed by atoms with Crippen molar-refractivity contribution in [1.82, 2.24) is 4.90 Å². The summed E-state index contributed by atoms with van der Waals surface area (Å²) in [4.78, 5) is 2.35. The van der Waals surface area contributed by atoms with Crippen molar-refractivity contribution in [2.45, 2.75) is 45.2 Å². The van der Waals surface area contributed by atoms with E-state index in [0.29, 0.717) is 0 Å². The molecule has 0 aliphatic carbocycles. The molecule has 2 nitrogen and oxygen atoms in total. The van der Waals surface area contributed by atoms with Gasteiger partial charge in [-0.2, -0.15) is 0 Å². The number of likely N-dealkylation sites (N-methyl/N-ethyl adjacent to an activating group) is 1. The van der Waals surface area contributed by atoms with Gasteiger partial charge < -0.3 is 5.73 Å². The average Bonchev–Trinajstić information content (AvgIpc) is 2.36. The summed E-state index contributed by atoms with van der Waals surface area (Å²) in [6, 6.07) is 8.45. The fraction of sp³-hybridized carbons (Fsp3) is 0.600. The van der Waals surface area contributed by atoms with Crippen molar-refractivity contribution in [2.24, 2.45) is 5.73 Å². The molecule has 102 valence electrons. The minimum Gasteiger partial charge on any atom is -0.326 e. The maximum Gasteiger partial charge on any atom is 0.0496 e. The maximum atomic E-state index is 6.29. The van der Waals surface area contributed by atoms with Gasteiger partial charge in [-0.25, -0.2) is 0 Å². The van der Waals surface area contributed by atoms with Gasteiger partial charge in [-0.15, -0.1) is 0 Å². The molecule has 0 amide bonds. The van der Waals surface area contributed by atoms with Crippen LogP contribution in [0.5, 0.6) is 0 Å². The summed E-state index contributed by atoms with van der Waals surface area (Å²) in [6.45, 7) is 5.42. The SMILES string of the molecule is CCCCN(C)C(c1cccc(Cl)c1)C(N)CC. The monoisotopic (exact) mass is 268 g/mol. The molecule has 2 atom stereocenters. The van der Waals surface area contributed by atoms with Crippen LogP contribution < -0.4 is 5.73 Å². The molecule has 1 rings (SSSR count). The van der Waals surface area contributed by atoms with Crippen molar-refractivity contribution in [3.05, 3.63) is 34.9 Å². The lowest BCUT2D eigenvalue weighted by Crippen LogP contribution is -2.39. The van der Waals surface area contributed by atoms with E-state index in [1.807, 2.05) is 18.2 Å². The van der Waals surface area contributed by atoms with Crippen molar-refractivity contribution in [3.8, 4) is 0 Å². The van der Waals surface area contributed by atoms with Crippen LogP contribution in [-0.4, -0.2) is 24.5 Å². The first-order valence-corrected chi connectivity index (χ1v) is 7.19. The number of nitrogens with two attached hydrogens (primary N) is 1. The van der Waals surface area contributed by atoms with Gasteiger partial charge in [0.15, 0.2) is 0 Å². The highest BCUT2D eigenvalue weighted by molar-refractivity contribution is 6.30. The number of hydrogen-bond donors (Lipinski definition) is 1. The Morgan fingerprint density at radius 1 is 1.33 bits per heavy atom. The average molecular weight is 269 g/mol. The maximum absolute atomic E-state index is 6.29. The number of halogens is 1. The molecule has 0 aliphatic rings. The standard InChI is InChI=1S/C15H25ClN2/c1-4-6-10-18(3)15(14(17)5-2)12-8-7-9-13(16)11-12/h7-9,11,14-15H,4-6,10,17H2,1-3H3. The second-order valence-electron chi connectivity index (χ2n) is 4.91. The zero-order chi connectivity index (χ0) is 13.5. The highest BCUT2D eigenvalue weighted by atomic mass is 35.5. The van der Waals surface area contributed by atoms with Crippen LogP contribution in [0.25, 0.3) is 0 Å². The topological polar surface area (TPSA) is 29.3 Å². The Hall–Kier alpha value is -0.570. The van der Waals surface area contributed by atoms with Crippen LogP contribution in [0.2, 0.25) is 5.02 Å². The summed E-state index contributed by atoms with van der Waals surface area (Å²) in [7, 11) is 2.15. The van der Waals surface area contributed by atoms with Crippen LogP contribution >= 0.6 is 11.6 Å². The predicted octanol–water partition coefficient (Wildman–Crippen LogP) is 3.85. The molecule has 0 aromatic heterocycles. The summed E-state index contributed by atoms with van der Waals surface area (Å²) in [5, 5.41) is 0.782. The van der Waals surface area contributed by atoms with Crippen LogP contribution in [0.4, 0.5) is 0 Å². The molecule has 0 heterocycles. The molecule has 0 saturated heterocycles. The third-order valence-corrected chi connectivity index (χ3v) is 3.64. The zero-order valence-electron chi connectivity index (χ0n) is 11.7. The lowest BCUT2D eigenvalue weighted by Gasteiger charge is -2.33. The molecule has 0 spiro atoms. The first-order valence-electron chi connectivity index (χ1n) is 6.81. The summed E-state index contributed by atoms with van der Waals surface area (Å²) in [6.07, 6.45) is 3.37. The van der Waals surface area contributed by atoms with Gasteiger partial charge in [-0.05, 0) is 44.1 Å². The molecule has 0 bridgehead atoms. The van der Waals surface area contributed by atoms with E-state index in [1.165, 1.54) is 18.4 Å². The van der Waals surface area contributed by atoms with E-state index >= 15 is 0 Å². The van der Waals surface area contributed by atoms with Gasteiger partial charge in [0, 0.05) is 17.1 Å². The van der Waals surface area contributed by atoms with Crippen molar-refractivity contribution < 1.29 is 0 Å². The van der Waals surface area contributed by atoms with Crippen LogP contribution in [-0.2, 0) is 0 Å². The van der Waals surface area contributed by atoms with Crippen LogP contribution in [0.15, 0.2) is 24.3 Å². The molecule has 0 radical (unpaired) electrons. The highest BCUT2D eigenvalue weighted by Gasteiger charge is 2.22. The largest absolute Gasteiger partial charge is 0.326 e. The summed E-state index contributed by atoms with van der Waals surface area (Å²) in [5.41, 5.74) is 7.51. The molecular formula is C15H25ClN2. The molecule has 1 aromatic carbocycles. The number of nitrogens with zero attached hydrogens (tertiary/aromatic N) is 1. The van der Waals surface area contributed by atoms with E-state index in [1.54, 1.807) is 0 Å². The third kappa shape index (κ3) is 4.27. The van der Waals surface area contributed by atoms with Crippen LogP contribution in [0.1, 0.15) is 44.7 Å². The minimum absolute atomic E-state index is 0.144. The third-order valence-electron chi connectivity index (χ3n) is 3.41. The Morgan fingerprint density at radius 2 is 2.06 bits per heavy atom. The minimum atomic E-state index is 0.144. The number of hydrogen-bond acceptors (Lipinski definition) is 2. The van der Waals surface area contributed by atoms with E-state index in [0.717, 1.165) is 18.0 Å². The van der Waals surface area contributed by atoms with E-state index in [4.69, 9.17) is 17.3 Å². The Bertz CT molecular complexity index is 354. The van der Waals surface area contributed by atoms with E-state index in [-0.39, 0.29) is 12.1 Å². The zero-order valence-corrected chi connectivity index (χ0v) is 12.5. The molecule has 0 fully saturated rings. The second kappa shape index (κ2) is 7.78. The fourth-order valence-corrected chi connectivity index (χ4v) is 2.49. The van der Waals surface area contributed by atoms with Gasteiger partial charge in [-0.1, -0.05) is 44.0 Å². The summed E-state index contributed by atoms with van der Waals surface area (Å²) >= 11 is 6.09. The molecule has 1 aromatic rings. The van der Waals surface area contributed by atoms with Gasteiger partial charge in [0.05, 0.1) is 0 Å². The van der Waals surface area contributed by atoms with E-state index in [2.05, 4.69) is 31.9 Å². The van der Waals surface area contributed by atoms with Crippen molar-refractivity contribution in [1.29, 1.82) is 0 Å². The second-order valence-corrected chi connectivity index (χ2v) is 5.34. The number of benzene rings is 1. The predicted molar refractivity (Wildman–Crippen MR) is 80.0 cm³/mol. The van der Waals surface area contributed by atoms with Gasteiger partial charge >= 0.3 is 0 Å². The number of unbranched alkanes of at least 4 members (excludes halogenated alkanes) is 1. The normalized spacial score (nSPS) is 14.8. The Balaban J connectivity index is 2.90. The first-order chi connectivity index (χ1) is 8.60. The highest BCUT2D eigenvalue weighted by Crippen LogP contribution is 2.26. The Labute approximate surface area is 116 Å². The summed E-state index contributed by atoms with van der Waals surface area (Å²) in [5.74, 6) is 0. The molecule has 0 aliphatic heterocycles. The van der Waals surface area contributed by atoms with Gasteiger partial charge in [0.2, 0.25) is 0 Å². The smallest absolute Gasteiger partial charge is 0.0496 e. The van der Waals surface area contributed by atoms with E-state index in [9.17, 15) is 0 Å². The van der Waals surface area contributed by atoms with Crippen LogP contribution in [0.3, 0.4) is 0 Å². The Morgan fingerprint density at radius 3 is 2.61 bits per heavy atom. The van der Waals surface area contributed by atoms with E-state index < -0.39 is 0 Å². The molecular weight excluding hydrogens is 244 g/mol. The van der Waals surface area contributed by atoms with Crippen molar-refractivity contribution >= 4 is 11.6 Å².